The van der Waals surface area contributed by atoms with Crippen molar-refractivity contribution in [3.8, 4) is 5.75 Å². The van der Waals surface area contributed by atoms with Gasteiger partial charge in [0, 0.05) is 6.54 Å². The molecule has 0 fully saturated rings. The van der Waals surface area contributed by atoms with Crippen molar-refractivity contribution in [1.29, 1.82) is 0 Å². The highest BCUT2D eigenvalue weighted by Gasteiger charge is 2.20. The molecule has 0 aliphatic rings. The minimum Gasteiger partial charge on any atom is -0.496 e. The highest BCUT2D eigenvalue weighted by atomic mass is 16.5. The Morgan fingerprint density at radius 1 is 1.24 bits per heavy atom. The number of rotatable bonds is 5. The third kappa shape index (κ3) is 3.19. The van der Waals surface area contributed by atoms with Crippen LogP contribution >= 0.6 is 0 Å². The predicted molar refractivity (Wildman–Crippen MR) is 67.4 cm³/mol. The SMILES string of the molecule is CNCC(O)C(O)c1cc(C)c(OC)cc1C. The predicted octanol–water partition coefficient (Wildman–Crippen LogP) is 0.926. The van der Waals surface area contributed by atoms with E-state index in [0.717, 1.165) is 22.4 Å². The zero-order valence-corrected chi connectivity index (χ0v) is 10.8. The first-order valence-electron chi connectivity index (χ1n) is 5.67. The van der Waals surface area contributed by atoms with Gasteiger partial charge in [-0.25, -0.2) is 0 Å². The summed E-state index contributed by atoms with van der Waals surface area (Å²) in [4.78, 5) is 0. The van der Waals surface area contributed by atoms with E-state index in [1.54, 1.807) is 14.2 Å². The van der Waals surface area contributed by atoms with Gasteiger partial charge in [0.1, 0.15) is 11.9 Å². The molecule has 0 aliphatic heterocycles. The first kappa shape index (κ1) is 14.0. The Kier molecular flexibility index (Phi) is 4.93. The number of nitrogens with one attached hydrogen (secondary N) is 1. The minimum absolute atomic E-state index is 0.353. The second-order valence-electron chi connectivity index (χ2n) is 4.25. The van der Waals surface area contributed by atoms with Crippen LogP contribution in [0.3, 0.4) is 0 Å². The Morgan fingerprint density at radius 2 is 1.88 bits per heavy atom. The lowest BCUT2D eigenvalue weighted by atomic mass is 9.97. The summed E-state index contributed by atoms with van der Waals surface area (Å²) in [7, 11) is 3.36. The highest BCUT2D eigenvalue weighted by molar-refractivity contribution is 5.42. The number of aliphatic hydroxyl groups excluding tert-OH is 2. The van der Waals surface area contributed by atoms with Crippen LogP contribution in [0.5, 0.6) is 5.75 Å². The Labute approximate surface area is 102 Å². The molecule has 0 amide bonds. The smallest absolute Gasteiger partial charge is 0.122 e. The normalized spacial score (nSPS) is 14.5. The van der Waals surface area contributed by atoms with Crippen molar-refractivity contribution in [1.82, 2.24) is 5.32 Å². The summed E-state index contributed by atoms with van der Waals surface area (Å²) in [6, 6.07) is 3.73. The monoisotopic (exact) mass is 239 g/mol. The van der Waals surface area contributed by atoms with Gasteiger partial charge in [-0.05, 0) is 49.7 Å². The van der Waals surface area contributed by atoms with Gasteiger partial charge in [-0.2, -0.15) is 0 Å². The van der Waals surface area contributed by atoms with Crippen LogP contribution in [0.15, 0.2) is 12.1 Å². The van der Waals surface area contributed by atoms with E-state index in [0.29, 0.717) is 6.54 Å². The van der Waals surface area contributed by atoms with Gasteiger partial charge in [0.2, 0.25) is 0 Å². The molecule has 4 nitrogen and oxygen atoms in total. The number of methoxy groups -OCH3 is 1. The van der Waals surface area contributed by atoms with Crippen molar-refractivity contribution in [2.75, 3.05) is 20.7 Å². The van der Waals surface area contributed by atoms with E-state index >= 15 is 0 Å². The van der Waals surface area contributed by atoms with Gasteiger partial charge < -0.3 is 20.3 Å². The van der Waals surface area contributed by atoms with Crippen molar-refractivity contribution < 1.29 is 14.9 Å². The molecule has 1 aromatic rings. The molecule has 0 bridgehead atoms. The number of hydrogen-bond acceptors (Lipinski definition) is 4. The van der Waals surface area contributed by atoms with Gasteiger partial charge in [0.25, 0.3) is 0 Å². The summed E-state index contributed by atoms with van der Waals surface area (Å²) < 4.78 is 5.21. The number of ether oxygens (including phenoxy) is 1. The Morgan fingerprint density at radius 3 is 2.41 bits per heavy atom. The van der Waals surface area contributed by atoms with Gasteiger partial charge in [-0.15, -0.1) is 0 Å². The van der Waals surface area contributed by atoms with Crippen LogP contribution in [0, 0.1) is 13.8 Å². The molecular weight excluding hydrogens is 218 g/mol. The van der Waals surface area contributed by atoms with Crippen molar-refractivity contribution in [2.24, 2.45) is 0 Å². The molecule has 0 aromatic heterocycles. The molecule has 0 saturated carbocycles. The van der Waals surface area contributed by atoms with Crippen LogP contribution in [0.4, 0.5) is 0 Å². The first-order valence-corrected chi connectivity index (χ1v) is 5.67. The van der Waals surface area contributed by atoms with Gasteiger partial charge in [0.05, 0.1) is 13.2 Å². The number of likely N-dealkylation sites (N-methyl/N-ethyl adjacent to an activating group) is 1. The summed E-state index contributed by atoms with van der Waals surface area (Å²) in [5, 5.41) is 22.7. The molecule has 1 rings (SSSR count). The van der Waals surface area contributed by atoms with Gasteiger partial charge in [-0.1, -0.05) is 0 Å². The number of hydrogen-bond donors (Lipinski definition) is 3. The van der Waals surface area contributed by atoms with Crippen molar-refractivity contribution >= 4 is 0 Å². The molecular formula is C13H21NO3. The van der Waals surface area contributed by atoms with Crippen LogP contribution in [-0.4, -0.2) is 37.0 Å². The summed E-state index contributed by atoms with van der Waals surface area (Å²) in [5.41, 5.74) is 2.60. The van der Waals surface area contributed by atoms with Crippen molar-refractivity contribution in [3.63, 3.8) is 0 Å². The Balaban J connectivity index is 3.01. The fraction of sp³-hybridized carbons (Fsp3) is 0.538. The minimum atomic E-state index is -0.882. The number of aryl methyl sites for hydroxylation is 2. The quantitative estimate of drug-likeness (QED) is 0.715. The molecule has 0 radical (unpaired) electrons. The average Bonchev–Trinajstić information content (AvgIpc) is 2.31. The van der Waals surface area contributed by atoms with E-state index in [-0.39, 0.29) is 0 Å². The van der Waals surface area contributed by atoms with Crippen LogP contribution in [0.25, 0.3) is 0 Å². The maximum absolute atomic E-state index is 10.1. The molecule has 17 heavy (non-hydrogen) atoms. The third-order valence-corrected chi connectivity index (χ3v) is 2.88. The Bertz CT molecular complexity index is 379. The van der Waals surface area contributed by atoms with E-state index < -0.39 is 12.2 Å². The highest BCUT2D eigenvalue weighted by Crippen LogP contribution is 2.28. The standard InChI is InChI=1S/C13H21NO3/c1-8-6-12(17-4)9(2)5-10(8)13(16)11(15)7-14-3/h5-6,11,13-16H,7H2,1-4H3. The lowest BCUT2D eigenvalue weighted by Crippen LogP contribution is -2.30. The molecule has 0 aliphatic carbocycles. The first-order chi connectivity index (χ1) is 8.01. The van der Waals surface area contributed by atoms with Gasteiger partial charge in [0.15, 0.2) is 0 Å². The molecule has 96 valence electrons. The van der Waals surface area contributed by atoms with E-state index in [1.165, 1.54) is 0 Å². The lowest BCUT2D eigenvalue weighted by Gasteiger charge is -2.21. The fourth-order valence-corrected chi connectivity index (χ4v) is 1.88. The number of aliphatic hydroxyl groups is 2. The maximum atomic E-state index is 10.1. The molecule has 2 unspecified atom stereocenters. The number of benzene rings is 1. The summed E-state index contributed by atoms with van der Waals surface area (Å²) >= 11 is 0. The van der Waals surface area contributed by atoms with Crippen molar-refractivity contribution in [2.45, 2.75) is 26.1 Å². The van der Waals surface area contributed by atoms with Gasteiger partial charge in [-0.3, -0.25) is 0 Å². The van der Waals surface area contributed by atoms with E-state index in [1.807, 2.05) is 26.0 Å². The Hall–Kier alpha value is -1.10. The molecule has 0 spiro atoms. The third-order valence-electron chi connectivity index (χ3n) is 2.88. The molecule has 3 N–H and O–H groups in total. The van der Waals surface area contributed by atoms with Crippen molar-refractivity contribution in [3.05, 3.63) is 28.8 Å². The molecule has 2 atom stereocenters. The topological polar surface area (TPSA) is 61.7 Å². The summed E-state index contributed by atoms with van der Waals surface area (Å²) in [5.74, 6) is 0.793. The fourth-order valence-electron chi connectivity index (χ4n) is 1.88. The largest absolute Gasteiger partial charge is 0.496 e. The van der Waals surface area contributed by atoms with Crippen LogP contribution in [-0.2, 0) is 0 Å². The van der Waals surface area contributed by atoms with E-state index in [9.17, 15) is 10.2 Å². The molecule has 1 aromatic carbocycles. The van der Waals surface area contributed by atoms with E-state index in [4.69, 9.17) is 4.74 Å². The average molecular weight is 239 g/mol. The summed E-state index contributed by atoms with van der Waals surface area (Å²) in [6.07, 6.45) is -1.70. The zero-order valence-electron chi connectivity index (χ0n) is 10.8. The second kappa shape index (κ2) is 6.00. The maximum Gasteiger partial charge on any atom is 0.122 e. The molecule has 4 heteroatoms. The van der Waals surface area contributed by atoms with Crippen LogP contribution in [0.2, 0.25) is 0 Å². The zero-order chi connectivity index (χ0) is 13.0. The van der Waals surface area contributed by atoms with E-state index in [2.05, 4.69) is 5.32 Å². The van der Waals surface area contributed by atoms with Crippen LogP contribution in [0.1, 0.15) is 22.8 Å². The van der Waals surface area contributed by atoms with Crippen LogP contribution < -0.4 is 10.1 Å². The lowest BCUT2D eigenvalue weighted by molar-refractivity contribution is 0.0198. The molecule has 0 heterocycles. The summed E-state index contributed by atoms with van der Waals surface area (Å²) in [6.45, 7) is 4.16. The van der Waals surface area contributed by atoms with Gasteiger partial charge >= 0.3 is 0 Å². The molecule has 0 saturated heterocycles. The second-order valence-corrected chi connectivity index (χ2v) is 4.25.